The van der Waals surface area contributed by atoms with Crippen LogP contribution in [0.15, 0.2) is 60.2 Å². The molecule has 2 aromatic carbocycles. The van der Waals surface area contributed by atoms with E-state index in [2.05, 4.69) is 5.32 Å². The average Bonchev–Trinajstić information content (AvgIpc) is 2.54. The van der Waals surface area contributed by atoms with Crippen molar-refractivity contribution in [1.29, 1.82) is 0 Å². The van der Waals surface area contributed by atoms with Crippen LogP contribution in [0.25, 0.3) is 12.2 Å². The first-order valence-corrected chi connectivity index (χ1v) is 7.23. The summed E-state index contributed by atoms with van der Waals surface area (Å²) >= 11 is 0. The van der Waals surface area contributed by atoms with Crippen LogP contribution in [0.2, 0.25) is 0 Å². The normalized spacial score (nSPS) is 15.5. The Labute approximate surface area is 133 Å². The van der Waals surface area contributed by atoms with Gasteiger partial charge in [-0.15, -0.1) is 0 Å². The molecule has 0 atom stereocenters. The van der Waals surface area contributed by atoms with E-state index in [0.29, 0.717) is 12.0 Å². The summed E-state index contributed by atoms with van der Waals surface area (Å²) in [7, 11) is 0. The third kappa shape index (κ3) is 3.37. The zero-order chi connectivity index (χ0) is 16.2. The molecule has 1 aliphatic heterocycles. The van der Waals surface area contributed by atoms with Crippen LogP contribution in [-0.2, 0) is 16.0 Å². The molecule has 2 N–H and O–H groups in total. The molecule has 1 aliphatic rings. The topological polar surface area (TPSA) is 66.4 Å². The number of carboxylic acid groups (broad SMARTS) is 1. The standard InChI is InChI=1S/C19H15NO3/c21-18(22)10-9-13-5-1-2-6-14(13)11-16-12-15-7-3-4-8-17(15)20-19(16)23/h1-11H,12H2,(H,20,23)(H,21,22)/b10-9+,16-11?. The molecule has 114 valence electrons. The lowest BCUT2D eigenvalue weighted by Gasteiger charge is -2.19. The lowest BCUT2D eigenvalue weighted by atomic mass is 9.95. The number of hydrogen-bond acceptors (Lipinski definition) is 2. The monoisotopic (exact) mass is 305 g/mol. The SMILES string of the molecule is O=C(O)/C=C/c1ccccc1C=C1Cc2ccccc2NC1=O. The van der Waals surface area contributed by atoms with Gasteiger partial charge in [-0.25, -0.2) is 4.79 Å². The molecule has 0 fully saturated rings. The molecule has 0 spiro atoms. The van der Waals surface area contributed by atoms with E-state index in [9.17, 15) is 9.59 Å². The predicted octanol–water partition coefficient (Wildman–Crippen LogP) is 3.36. The molecule has 0 radical (unpaired) electrons. The zero-order valence-electron chi connectivity index (χ0n) is 12.3. The smallest absolute Gasteiger partial charge is 0.328 e. The number of rotatable bonds is 3. The molecule has 0 aromatic heterocycles. The Balaban J connectivity index is 1.96. The second kappa shape index (κ2) is 6.32. The van der Waals surface area contributed by atoms with Gasteiger partial charge in [-0.3, -0.25) is 4.79 Å². The zero-order valence-corrected chi connectivity index (χ0v) is 12.3. The predicted molar refractivity (Wildman–Crippen MR) is 89.9 cm³/mol. The fraction of sp³-hybridized carbons (Fsp3) is 0.0526. The Morgan fingerprint density at radius 3 is 2.52 bits per heavy atom. The number of aliphatic carboxylic acids is 1. The van der Waals surface area contributed by atoms with Gasteiger partial charge in [-0.05, 0) is 34.9 Å². The maximum Gasteiger partial charge on any atom is 0.328 e. The van der Waals surface area contributed by atoms with Crippen LogP contribution in [0, 0.1) is 0 Å². The Hall–Kier alpha value is -3.14. The number of hydrogen-bond donors (Lipinski definition) is 2. The first-order chi connectivity index (χ1) is 11.1. The van der Waals surface area contributed by atoms with Gasteiger partial charge in [0.15, 0.2) is 0 Å². The lowest BCUT2D eigenvalue weighted by molar-refractivity contribution is -0.131. The molecular weight excluding hydrogens is 290 g/mol. The highest BCUT2D eigenvalue weighted by Gasteiger charge is 2.19. The number of fused-ring (bicyclic) bond motifs is 1. The first kappa shape index (κ1) is 14.8. The molecule has 2 aromatic rings. The van der Waals surface area contributed by atoms with Gasteiger partial charge in [0.05, 0.1) is 0 Å². The van der Waals surface area contributed by atoms with Crippen molar-refractivity contribution in [3.63, 3.8) is 0 Å². The van der Waals surface area contributed by atoms with Crippen molar-refractivity contribution >= 4 is 29.7 Å². The van der Waals surface area contributed by atoms with E-state index in [1.165, 1.54) is 6.08 Å². The van der Waals surface area contributed by atoms with Gasteiger partial charge in [0.1, 0.15) is 0 Å². The van der Waals surface area contributed by atoms with Crippen LogP contribution in [0.4, 0.5) is 5.69 Å². The molecule has 0 saturated heterocycles. The molecular formula is C19H15NO3. The van der Waals surface area contributed by atoms with Crippen LogP contribution < -0.4 is 5.32 Å². The van der Waals surface area contributed by atoms with E-state index in [0.717, 1.165) is 28.5 Å². The number of para-hydroxylation sites is 1. The van der Waals surface area contributed by atoms with E-state index in [1.807, 2.05) is 54.6 Å². The van der Waals surface area contributed by atoms with Gasteiger partial charge in [0, 0.05) is 23.8 Å². The van der Waals surface area contributed by atoms with Crippen LogP contribution >= 0.6 is 0 Å². The Morgan fingerprint density at radius 2 is 1.74 bits per heavy atom. The molecule has 0 unspecified atom stereocenters. The van der Waals surface area contributed by atoms with Crippen molar-refractivity contribution < 1.29 is 14.7 Å². The molecule has 4 heteroatoms. The van der Waals surface area contributed by atoms with Gasteiger partial charge >= 0.3 is 5.97 Å². The number of carbonyl (C=O) groups is 2. The van der Waals surface area contributed by atoms with Crippen LogP contribution in [-0.4, -0.2) is 17.0 Å². The van der Waals surface area contributed by atoms with Crippen LogP contribution in [0.1, 0.15) is 16.7 Å². The number of anilines is 1. The number of amides is 1. The summed E-state index contributed by atoms with van der Waals surface area (Å²) in [6.07, 6.45) is 4.99. The van der Waals surface area contributed by atoms with Crippen LogP contribution in [0.5, 0.6) is 0 Å². The second-order valence-corrected chi connectivity index (χ2v) is 5.26. The molecule has 4 nitrogen and oxygen atoms in total. The molecule has 1 heterocycles. The summed E-state index contributed by atoms with van der Waals surface area (Å²) in [5.74, 6) is -1.13. The molecule has 1 amide bonds. The van der Waals surface area contributed by atoms with Gasteiger partial charge < -0.3 is 10.4 Å². The number of benzene rings is 2. The fourth-order valence-corrected chi connectivity index (χ4v) is 2.54. The fourth-order valence-electron chi connectivity index (χ4n) is 2.54. The number of carbonyl (C=O) groups excluding carboxylic acids is 1. The summed E-state index contributed by atoms with van der Waals surface area (Å²) in [5.41, 5.74) is 4.13. The highest BCUT2D eigenvalue weighted by Crippen LogP contribution is 2.26. The van der Waals surface area contributed by atoms with Crippen molar-refractivity contribution in [3.8, 4) is 0 Å². The minimum absolute atomic E-state index is 0.124. The largest absolute Gasteiger partial charge is 0.478 e. The maximum absolute atomic E-state index is 12.2. The summed E-state index contributed by atoms with van der Waals surface area (Å²) in [5, 5.41) is 11.7. The van der Waals surface area contributed by atoms with E-state index < -0.39 is 5.97 Å². The average molecular weight is 305 g/mol. The third-order valence-electron chi connectivity index (χ3n) is 3.67. The molecule has 0 aliphatic carbocycles. The highest BCUT2D eigenvalue weighted by atomic mass is 16.4. The summed E-state index contributed by atoms with van der Waals surface area (Å²) in [4.78, 5) is 22.9. The highest BCUT2D eigenvalue weighted by molar-refractivity contribution is 6.09. The van der Waals surface area contributed by atoms with Gasteiger partial charge in [-0.2, -0.15) is 0 Å². The van der Waals surface area contributed by atoms with Gasteiger partial charge in [-0.1, -0.05) is 42.5 Å². The van der Waals surface area contributed by atoms with E-state index in [4.69, 9.17) is 5.11 Å². The van der Waals surface area contributed by atoms with Crippen molar-refractivity contribution in [2.45, 2.75) is 6.42 Å². The van der Waals surface area contributed by atoms with Gasteiger partial charge in [0.25, 0.3) is 5.91 Å². The Morgan fingerprint density at radius 1 is 1.04 bits per heavy atom. The number of carboxylic acids is 1. The van der Waals surface area contributed by atoms with E-state index in [1.54, 1.807) is 0 Å². The molecule has 3 rings (SSSR count). The summed E-state index contributed by atoms with van der Waals surface area (Å²) in [6, 6.07) is 15.1. The second-order valence-electron chi connectivity index (χ2n) is 5.26. The van der Waals surface area contributed by atoms with Crippen molar-refractivity contribution in [1.82, 2.24) is 0 Å². The Bertz CT molecular complexity index is 834. The third-order valence-corrected chi connectivity index (χ3v) is 3.67. The molecule has 23 heavy (non-hydrogen) atoms. The lowest BCUT2D eigenvalue weighted by Crippen LogP contribution is -2.22. The molecule has 0 bridgehead atoms. The summed E-state index contributed by atoms with van der Waals surface area (Å²) in [6.45, 7) is 0. The minimum Gasteiger partial charge on any atom is -0.478 e. The minimum atomic E-state index is -1.00. The van der Waals surface area contributed by atoms with E-state index >= 15 is 0 Å². The quantitative estimate of drug-likeness (QED) is 0.854. The number of nitrogens with one attached hydrogen (secondary N) is 1. The van der Waals surface area contributed by atoms with Crippen molar-refractivity contribution in [2.75, 3.05) is 5.32 Å². The van der Waals surface area contributed by atoms with Crippen LogP contribution in [0.3, 0.4) is 0 Å². The van der Waals surface area contributed by atoms with Gasteiger partial charge in [0.2, 0.25) is 0 Å². The van der Waals surface area contributed by atoms with Crippen molar-refractivity contribution in [2.24, 2.45) is 0 Å². The van der Waals surface area contributed by atoms with E-state index in [-0.39, 0.29) is 5.91 Å². The van der Waals surface area contributed by atoms with Crippen molar-refractivity contribution in [3.05, 3.63) is 76.9 Å². The first-order valence-electron chi connectivity index (χ1n) is 7.23. The molecule has 0 saturated carbocycles. The summed E-state index contributed by atoms with van der Waals surface area (Å²) < 4.78 is 0. The maximum atomic E-state index is 12.2. The Kier molecular flexibility index (Phi) is 4.06.